The number of hydrogen-bond acceptors (Lipinski definition) is 4. The highest BCUT2D eigenvalue weighted by Gasteiger charge is 2.18. The Balaban J connectivity index is 1.99. The first-order chi connectivity index (χ1) is 12.2. The van der Waals surface area contributed by atoms with Gasteiger partial charge in [-0.15, -0.1) is 0 Å². The lowest BCUT2D eigenvalue weighted by Crippen LogP contribution is -2.41. The van der Waals surface area contributed by atoms with Crippen LogP contribution in [0.5, 0.6) is 5.75 Å². The van der Waals surface area contributed by atoms with Crippen molar-refractivity contribution in [2.75, 3.05) is 34.8 Å². The summed E-state index contributed by atoms with van der Waals surface area (Å²) in [6, 6.07) is 14.1. The van der Waals surface area contributed by atoms with Crippen LogP contribution in [0.15, 0.2) is 53.7 Å². The Hall–Kier alpha value is -2.60. The Labute approximate surface area is 149 Å². The summed E-state index contributed by atoms with van der Waals surface area (Å²) in [7, 11) is 7.58. The number of benzene rings is 1. The molecule has 2 aromatic rings. The average molecular weight is 341 g/mol. The number of methoxy groups -OCH3 is 1. The van der Waals surface area contributed by atoms with E-state index in [1.807, 2.05) is 36.4 Å². The zero-order chi connectivity index (χ0) is 18.1. The highest BCUT2D eigenvalue weighted by molar-refractivity contribution is 5.79. The zero-order valence-corrected chi connectivity index (χ0v) is 15.4. The van der Waals surface area contributed by atoms with Gasteiger partial charge >= 0.3 is 0 Å². The molecule has 2 rings (SSSR count). The molecular weight excluding hydrogens is 314 g/mol. The average Bonchev–Trinajstić information content (AvgIpc) is 2.65. The quantitative estimate of drug-likeness (QED) is 0.596. The second-order valence-corrected chi connectivity index (χ2v) is 5.85. The van der Waals surface area contributed by atoms with E-state index in [2.05, 4.69) is 45.7 Å². The molecule has 0 amide bonds. The van der Waals surface area contributed by atoms with Crippen molar-refractivity contribution in [3.8, 4) is 5.75 Å². The second-order valence-electron chi connectivity index (χ2n) is 5.85. The van der Waals surface area contributed by atoms with E-state index in [0.29, 0.717) is 13.1 Å². The number of aromatic nitrogens is 1. The number of ether oxygens (including phenoxy) is 1. The molecule has 1 aromatic carbocycles. The van der Waals surface area contributed by atoms with Crippen molar-refractivity contribution in [3.05, 3.63) is 59.9 Å². The van der Waals surface area contributed by atoms with Gasteiger partial charge in [-0.05, 0) is 32.3 Å². The van der Waals surface area contributed by atoms with Gasteiger partial charge in [-0.3, -0.25) is 9.98 Å². The first kappa shape index (κ1) is 18.7. The van der Waals surface area contributed by atoms with Crippen molar-refractivity contribution in [2.45, 2.75) is 12.6 Å². The number of nitrogens with one attached hydrogen (secondary N) is 2. The lowest BCUT2D eigenvalue weighted by atomic mass is 10.0. The predicted octanol–water partition coefficient (Wildman–Crippen LogP) is 2.06. The first-order valence-corrected chi connectivity index (χ1v) is 8.29. The van der Waals surface area contributed by atoms with Crippen molar-refractivity contribution in [3.63, 3.8) is 0 Å². The minimum atomic E-state index is 0.157. The lowest BCUT2D eigenvalue weighted by molar-refractivity contribution is 0.287. The van der Waals surface area contributed by atoms with E-state index in [1.54, 1.807) is 20.4 Å². The van der Waals surface area contributed by atoms with E-state index in [-0.39, 0.29) is 6.04 Å². The molecular formula is C19H27N5O. The molecule has 0 aliphatic rings. The van der Waals surface area contributed by atoms with Gasteiger partial charge in [0.05, 0.1) is 25.4 Å². The molecule has 0 radical (unpaired) electrons. The number of guanidine groups is 1. The molecule has 1 atom stereocenters. The van der Waals surface area contributed by atoms with Crippen LogP contribution < -0.4 is 15.4 Å². The molecule has 134 valence electrons. The topological polar surface area (TPSA) is 61.8 Å². The molecule has 0 saturated heterocycles. The molecule has 1 unspecified atom stereocenters. The van der Waals surface area contributed by atoms with Crippen LogP contribution in [0.3, 0.4) is 0 Å². The summed E-state index contributed by atoms with van der Waals surface area (Å²) >= 11 is 0. The molecule has 0 fully saturated rings. The van der Waals surface area contributed by atoms with Crippen LogP contribution in [-0.2, 0) is 6.54 Å². The third-order valence-electron chi connectivity index (χ3n) is 3.97. The van der Waals surface area contributed by atoms with Gasteiger partial charge in [0.2, 0.25) is 0 Å². The molecule has 6 nitrogen and oxygen atoms in total. The minimum absolute atomic E-state index is 0.157. The monoisotopic (exact) mass is 341 g/mol. The van der Waals surface area contributed by atoms with Gasteiger partial charge < -0.3 is 20.3 Å². The maximum atomic E-state index is 5.51. The second kappa shape index (κ2) is 9.64. The molecule has 25 heavy (non-hydrogen) atoms. The fourth-order valence-electron chi connectivity index (χ4n) is 2.60. The van der Waals surface area contributed by atoms with Crippen LogP contribution in [-0.4, -0.2) is 50.6 Å². The molecule has 6 heteroatoms. The smallest absolute Gasteiger partial charge is 0.191 e. The Morgan fingerprint density at radius 3 is 2.56 bits per heavy atom. The minimum Gasteiger partial charge on any atom is -0.496 e. The van der Waals surface area contributed by atoms with Crippen LogP contribution in [0.1, 0.15) is 17.3 Å². The molecule has 0 bridgehead atoms. The van der Waals surface area contributed by atoms with Gasteiger partial charge in [-0.1, -0.05) is 24.3 Å². The number of nitrogens with zero attached hydrogens (tertiary/aromatic N) is 3. The SMILES string of the molecule is CN=C(NCc1ccccn1)NCC(c1ccccc1OC)N(C)C. The van der Waals surface area contributed by atoms with E-state index < -0.39 is 0 Å². The van der Waals surface area contributed by atoms with Gasteiger partial charge in [-0.2, -0.15) is 0 Å². The first-order valence-electron chi connectivity index (χ1n) is 8.29. The molecule has 0 aliphatic carbocycles. The van der Waals surface area contributed by atoms with Gasteiger partial charge in [0.15, 0.2) is 5.96 Å². The van der Waals surface area contributed by atoms with Gasteiger partial charge in [0, 0.05) is 25.4 Å². The fraction of sp³-hybridized carbons (Fsp3) is 0.368. The molecule has 1 heterocycles. The number of rotatable bonds is 7. The zero-order valence-electron chi connectivity index (χ0n) is 15.4. The largest absolute Gasteiger partial charge is 0.496 e. The summed E-state index contributed by atoms with van der Waals surface area (Å²) in [4.78, 5) is 10.8. The summed E-state index contributed by atoms with van der Waals surface area (Å²) < 4.78 is 5.51. The van der Waals surface area contributed by atoms with E-state index in [1.165, 1.54) is 0 Å². The number of pyridine rings is 1. The third-order valence-corrected chi connectivity index (χ3v) is 3.97. The molecule has 1 aromatic heterocycles. The molecule has 0 spiro atoms. The van der Waals surface area contributed by atoms with E-state index >= 15 is 0 Å². The summed E-state index contributed by atoms with van der Waals surface area (Å²) in [5.41, 5.74) is 2.11. The Kier molecular flexibility index (Phi) is 7.22. The highest BCUT2D eigenvalue weighted by atomic mass is 16.5. The van der Waals surface area contributed by atoms with Crippen molar-refractivity contribution in [1.82, 2.24) is 20.5 Å². The molecule has 2 N–H and O–H groups in total. The van der Waals surface area contributed by atoms with Crippen LogP contribution >= 0.6 is 0 Å². The highest BCUT2D eigenvalue weighted by Crippen LogP contribution is 2.27. The summed E-state index contributed by atoms with van der Waals surface area (Å²) in [5.74, 6) is 1.63. The third kappa shape index (κ3) is 5.46. The molecule has 0 aliphatic heterocycles. The Bertz CT molecular complexity index is 673. The van der Waals surface area contributed by atoms with E-state index in [0.717, 1.165) is 23.0 Å². The van der Waals surface area contributed by atoms with Crippen molar-refractivity contribution >= 4 is 5.96 Å². The fourth-order valence-corrected chi connectivity index (χ4v) is 2.60. The van der Waals surface area contributed by atoms with Crippen LogP contribution in [0.4, 0.5) is 0 Å². The standard InChI is InChI=1S/C19H27N5O/c1-20-19(22-13-15-9-7-8-12-21-15)23-14-17(24(2)3)16-10-5-6-11-18(16)25-4/h5-12,17H,13-14H2,1-4H3,(H2,20,22,23). The number of aliphatic imine (C=N–C) groups is 1. The van der Waals surface area contributed by atoms with Crippen molar-refractivity contribution in [2.24, 2.45) is 4.99 Å². The van der Waals surface area contributed by atoms with Crippen molar-refractivity contribution < 1.29 is 4.74 Å². The number of hydrogen-bond donors (Lipinski definition) is 2. The number of likely N-dealkylation sites (N-methyl/N-ethyl adjacent to an activating group) is 1. The van der Waals surface area contributed by atoms with Crippen LogP contribution in [0.25, 0.3) is 0 Å². The van der Waals surface area contributed by atoms with Gasteiger partial charge in [0.1, 0.15) is 5.75 Å². The van der Waals surface area contributed by atoms with Gasteiger partial charge in [-0.25, -0.2) is 0 Å². The van der Waals surface area contributed by atoms with E-state index in [9.17, 15) is 0 Å². The summed E-state index contributed by atoms with van der Waals surface area (Å²) in [6.45, 7) is 1.33. The lowest BCUT2D eigenvalue weighted by Gasteiger charge is -2.27. The van der Waals surface area contributed by atoms with E-state index in [4.69, 9.17) is 4.74 Å². The molecule has 0 saturated carbocycles. The van der Waals surface area contributed by atoms with Gasteiger partial charge in [0.25, 0.3) is 0 Å². The normalized spacial score (nSPS) is 12.8. The Morgan fingerprint density at radius 2 is 1.92 bits per heavy atom. The maximum absolute atomic E-state index is 5.51. The number of para-hydroxylation sites is 1. The predicted molar refractivity (Wildman–Crippen MR) is 102 cm³/mol. The summed E-state index contributed by atoms with van der Waals surface area (Å²) in [5, 5.41) is 6.67. The Morgan fingerprint density at radius 1 is 1.16 bits per heavy atom. The van der Waals surface area contributed by atoms with Crippen molar-refractivity contribution in [1.29, 1.82) is 0 Å². The summed E-state index contributed by atoms with van der Waals surface area (Å²) in [6.07, 6.45) is 1.79. The van der Waals surface area contributed by atoms with Crippen LogP contribution in [0.2, 0.25) is 0 Å². The van der Waals surface area contributed by atoms with Crippen LogP contribution in [0, 0.1) is 0 Å². The maximum Gasteiger partial charge on any atom is 0.191 e.